The fourth-order valence-electron chi connectivity index (χ4n) is 4.02. The molecule has 1 aliphatic heterocycles. The minimum atomic E-state index is -0.797. The van der Waals surface area contributed by atoms with Gasteiger partial charge in [0.1, 0.15) is 22.6 Å². The van der Waals surface area contributed by atoms with E-state index in [4.69, 9.17) is 14.0 Å². The van der Waals surface area contributed by atoms with Crippen LogP contribution in [0.25, 0.3) is 11.3 Å². The fourth-order valence-corrected chi connectivity index (χ4v) is 4.02. The van der Waals surface area contributed by atoms with E-state index in [1.807, 2.05) is 43.3 Å². The summed E-state index contributed by atoms with van der Waals surface area (Å²) in [7, 11) is 3.05. The summed E-state index contributed by atoms with van der Waals surface area (Å²) < 4.78 is 15.8. The van der Waals surface area contributed by atoms with Crippen molar-refractivity contribution in [3.8, 4) is 17.0 Å². The Balaban J connectivity index is 1.59. The molecule has 4 rings (SSSR count). The molecule has 8 nitrogen and oxygen atoms in total. The molecule has 0 aliphatic carbocycles. The first-order chi connectivity index (χ1) is 14.6. The second-order valence-electron chi connectivity index (χ2n) is 7.38. The van der Waals surface area contributed by atoms with E-state index in [-0.39, 0.29) is 5.97 Å². The lowest BCUT2D eigenvalue weighted by Gasteiger charge is -2.39. The number of rotatable bonds is 5. The maximum Gasteiger partial charge on any atom is 0.318 e. The number of hydrogen-bond donors (Lipinski definition) is 0. The van der Waals surface area contributed by atoms with E-state index in [1.165, 1.54) is 7.11 Å². The van der Waals surface area contributed by atoms with Crippen molar-refractivity contribution in [3.05, 3.63) is 54.0 Å². The van der Waals surface area contributed by atoms with E-state index >= 15 is 0 Å². The molecule has 0 spiro atoms. The van der Waals surface area contributed by atoms with Crippen LogP contribution >= 0.6 is 0 Å². The zero-order chi connectivity index (χ0) is 21.1. The molecule has 0 bridgehead atoms. The Morgan fingerprint density at radius 1 is 1.17 bits per heavy atom. The first kappa shape index (κ1) is 19.9. The predicted molar refractivity (Wildman–Crippen MR) is 110 cm³/mol. The van der Waals surface area contributed by atoms with Gasteiger partial charge in [-0.1, -0.05) is 17.3 Å². The SMILES string of the molecule is COC(=O)C1(c2cc(C)on2)CCN(c2cnnc(-c3ccccc3OC)c2)CC1. The highest BCUT2D eigenvalue weighted by Crippen LogP contribution is 2.38. The Morgan fingerprint density at radius 2 is 1.93 bits per heavy atom. The van der Waals surface area contributed by atoms with Crippen LogP contribution in [0.1, 0.15) is 24.3 Å². The number of carbonyl (C=O) groups excluding carboxylic acids is 1. The number of nitrogens with zero attached hydrogens (tertiary/aromatic N) is 4. The summed E-state index contributed by atoms with van der Waals surface area (Å²) in [5.74, 6) is 1.14. The first-order valence-corrected chi connectivity index (χ1v) is 9.80. The average molecular weight is 408 g/mol. The van der Waals surface area contributed by atoms with Crippen LogP contribution < -0.4 is 9.64 Å². The van der Waals surface area contributed by atoms with Gasteiger partial charge in [0.2, 0.25) is 0 Å². The largest absolute Gasteiger partial charge is 0.496 e. The summed E-state index contributed by atoms with van der Waals surface area (Å²) in [6, 6.07) is 11.5. The highest BCUT2D eigenvalue weighted by molar-refractivity contribution is 5.83. The predicted octanol–water partition coefficient (Wildman–Crippen LogP) is 3.16. The van der Waals surface area contributed by atoms with Gasteiger partial charge < -0.3 is 18.9 Å². The van der Waals surface area contributed by atoms with Crippen molar-refractivity contribution < 1.29 is 18.8 Å². The van der Waals surface area contributed by atoms with Gasteiger partial charge in [-0.05, 0) is 38.0 Å². The van der Waals surface area contributed by atoms with Crippen LogP contribution in [-0.2, 0) is 14.9 Å². The van der Waals surface area contributed by atoms with E-state index < -0.39 is 5.41 Å². The average Bonchev–Trinajstić information content (AvgIpc) is 3.25. The Kier molecular flexibility index (Phi) is 5.39. The van der Waals surface area contributed by atoms with Crippen molar-refractivity contribution in [2.45, 2.75) is 25.2 Å². The number of hydrogen-bond acceptors (Lipinski definition) is 8. The van der Waals surface area contributed by atoms with Crippen LogP contribution in [-0.4, -0.2) is 48.6 Å². The lowest BCUT2D eigenvalue weighted by Crippen LogP contribution is -2.48. The monoisotopic (exact) mass is 408 g/mol. The maximum atomic E-state index is 12.7. The van der Waals surface area contributed by atoms with Crippen LogP contribution in [0.2, 0.25) is 0 Å². The number of benzene rings is 1. The first-order valence-electron chi connectivity index (χ1n) is 9.80. The summed E-state index contributed by atoms with van der Waals surface area (Å²) in [5, 5.41) is 12.6. The van der Waals surface area contributed by atoms with Crippen molar-refractivity contribution in [1.82, 2.24) is 15.4 Å². The van der Waals surface area contributed by atoms with E-state index in [1.54, 1.807) is 13.3 Å². The van der Waals surface area contributed by atoms with Gasteiger partial charge in [-0.2, -0.15) is 10.2 Å². The molecule has 1 fully saturated rings. The molecule has 2 aromatic heterocycles. The van der Waals surface area contributed by atoms with Gasteiger partial charge in [0.05, 0.1) is 31.8 Å². The minimum Gasteiger partial charge on any atom is -0.496 e. The van der Waals surface area contributed by atoms with Crippen LogP contribution in [0.3, 0.4) is 0 Å². The van der Waals surface area contributed by atoms with Gasteiger partial charge in [0.25, 0.3) is 0 Å². The Labute approximate surface area is 174 Å². The molecule has 156 valence electrons. The minimum absolute atomic E-state index is 0.280. The molecule has 0 amide bonds. The number of aryl methyl sites for hydroxylation is 1. The number of esters is 1. The lowest BCUT2D eigenvalue weighted by atomic mass is 9.75. The van der Waals surface area contributed by atoms with Crippen molar-refractivity contribution in [3.63, 3.8) is 0 Å². The third kappa shape index (κ3) is 3.49. The van der Waals surface area contributed by atoms with Crippen molar-refractivity contribution in [1.29, 1.82) is 0 Å². The molecule has 0 N–H and O–H groups in total. The van der Waals surface area contributed by atoms with Crippen molar-refractivity contribution >= 4 is 11.7 Å². The molecule has 0 atom stereocenters. The van der Waals surface area contributed by atoms with E-state index in [2.05, 4.69) is 20.3 Å². The van der Waals surface area contributed by atoms with Gasteiger partial charge in [-0.25, -0.2) is 0 Å². The highest BCUT2D eigenvalue weighted by Gasteiger charge is 2.46. The third-order valence-electron chi connectivity index (χ3n) is 5.70. The second-order valence-corrected chi connectivity index (χ2v) is 7.38. The third-order valence-corrected chi connectivity index (χ3v) is 5.70. The number of para-hydroxylation sites is 1. The zero-order valence-electron chi connectivity index (χ0n) is 17.3. The number of piperidine rings is 1. The van der Waals surface area contributed by atoms with E-state index in [0.717, 1.165) is 22.7 Å². The molecule has 0 radical (unpaired) electrons. The molecule has 0 saturated carbocycles. The molecule has 30 heavy (non-hydrogen) atoms. The summed E-state index contributed by atoms with van der Waals surface area (Å²) in [6.07, 6.45) is 2.88. The van der Waals surface area contributed by atoms with Crippen molar-refractivity contribution in [2.75, 3.05) is 32.2 Å². The normalized spacial score (nSPS) is 15.6. The van der Waals surface area contributed by atoms with Gasteiger partial charge in [0, 0.05) is 24.7 Å². The van der Waals surface area contributed by atoms with Crippen LogP contribution in [0.4, 0.5) is 5.69 Å². The smallest absolute Gasteiger partial charge is 0.318 e. The molecule has 3 aromatic rings. The summed E-state index contributed by atoms with van der Waals surface area (Å²) in [4.78, 5) is 14.9. The Morgan fingerprint density at radius 3 is 2.60 bits per heavy atom. The molecular formula is C22H24N4O4. The molecule has 3 heterocycles. The number of anilines is 1. The summed E-state index contributed by atoms with van der Waals surface area (Å²) in [6.45, 7) is 3.12. The number of aromatic nitrogens is 3. The molecule has 8 heteroatoms. The molecular weight excluding hydrogens is 384 g/mol. The lowest BCUT2D eigenvalue weighted by molar-refractivity contribution is -0.148. The summed E-state index contributed by atoms with van der Waals surface area (Å²) >= 11 is 0. The van der Waals surface area contributed by atoms with Gasteiger partial charge in [0.15, 0.2) is 0 Å². The molecule has 0 unspecified atom stereocenters. The van der Waals surface area contributed by atoms with E-state index in [0.29, 0.717) is 37.4 Å². The molecule has 1 aromatic carbocycles. The van der Waals surface area contributed by atoms with Gasteiger partial charge in [-0.3, -0.25) is 4.79 Å². The second kappa shape index (κ2) is 8.14. The maximum absolute atomic E-state index is 12.7. The highest BCUT2D eigenvalue weighted by atomic mass is 16.5. The molecule has 1 aliphatic rings. The van der Waals surface area contributed by atoms with E-state index in [9.17, 15) is 4.79 Å². The number of ether oxygens (including phenoxy) is 2. The van der Waals surface area contributed by atoms with Gasteiger partial charge >= 0.3 is 5.97 Å². The van der Waals surface area contributed by atoms with Gasteiger partial charge in [-0.15, -0.1) is 0 Å². The van der Waals surface area contributed by atoms with Crippen LogP contribution in [0, 0.1) is 6.92 Å². The van der Waals surface area contributed by atoms with Crippen LogP contribution in [0.5, 0.6) is 5.75 Å². The zero-order valence-corrected chi connectivity index (χ0v) is 17.3. The van der Waals surface area contributed by atoms with Crippen LogP contribution in [0.15, 0.2) is 47.1 Å². The topological polar surface area (TPSA) is 90.6 Å². The summed E-state index contributed by atoms with van der Waals surface area (Å²) in [5.41, 5.74) is 2.40. The fraction of sp³-hybridized carbons (Fsp3) is 0.364. The van der Waals surface area contributed by atoms with Crippen molar-refractivity contribution in [2.24, 2.45) is 0 Å². The Hall–Kier alpha value is -3.42. The standard InChI is InChI=1S/C22H24N4O4/c1-15-12-20(25-30-15)22(21(27)29-3)8-10-26(11-9-22)16-13-18(24-23-14-16)17-6-4-5-7-19(17)28-2/h4-7,12-14H,8-11H2,1-3H3. The Bertz CT molecular complexity index is 1040. The number of carbonyl (C=O) groups is 1. The number of methoxy groups -OCH3 is 2. The molecule has 1 saturated heterocycles. The quantitative estimate of drug-likeness (QED) is 0.595.